The summed E-state index contributed by atoms with van der Waals surface area (Å²) in [6, 6.07) is 10.5. The fourth-order valence-corrected chi connectivity index (χ4v) is 1.47. The molecule has 0 N–H and O–H groups in total. The molecule has 0 amide bonds. The number of halogens is 3. The zero-order chi connectivity index (χ0) is 12.3. The number of hydrogen-bond donors (Lipinski definition) is 0. The van der Waals surface area contributed by atoms with Gasteiger partial charge >= 0.3 is 6.36 Å². The quantitative estimate of drug-likeness (QED) is 0.803. The molecule has 1 heterocycles. The van der Waals surface area contributed by atoms with Crippen LogP contribution in [-0.2, 0) is 6.54 Å². The van der Waals surface area contributed by atoms with Crippen molar-refractivity contribution in [3.05, 3.63) is 54.4 Å². The van der Waals surface area contributed by atoms with Crippen molar-refractivity contribution < 1.29 is 17.9 Å². The first-order chi connectivity index (χ1) is 8.03. The number of hydrogen-bond acceptors (Lipinski definition) is 1. The highest BCUT2D eigenvalue weighted by molar-refractivity contribution is 5.28. The Morgan fingerprint density at radius 3 is 2.76 bits per heavy atom. The highest BCUT2D eigenvalue weighted by atomic mass is 19.4. The molecule has 0 aliphatic heterocycles. The van der Waals surface area contributed by atoms with Crippen LogP contribution in [0.4, 0.5) is 13.2 Å². The van der Waals surface area contributed by atoms with E-state index in [4.69, 9.17) is 0 Å². The lowest BCUT2D eigenvalue weighted by molar-refractivity contribution is -0.274. The van der Waals surface area contributed by atoms with Crippen LogP contribution < -0.4 is 4.74 Å². The summed E-state index contributed by atoms with van der Waals surface area (Å²) in [6.07, 6.45) is -1.14. The molecule has 0 saturated heterocycles. The van der Waals surface area contributed by atoms with Gasteiger partial charge in [-0.25, -0.2) is 0 Å². The van der Waals surface area contributed by atoms with Crippen molar-refractivity contribution in [1.82, 2.24) is 4.57 Å². The van der Waals surface area contributed by atoms with Crippen molar-refractivity contribution in [1.29, 1.82) is 0 Å². The van der Waals surface area contributed by atoms with E-state index in [1.54, 1.807) is 24.5 Å². The molecule has 2 rings (SSSR count). The molecule has 0 aliphatic carbocycles. The highest BCUT2D eigenvalue weighted by Gasteiger charge is 2.31. The fraction of sp³-hybridized carbons (Fsp3) is 0.167. The minimum Gasteiger partial charge on any atom is -0.406 e. The van der Waals surface area contributed by atoms with Crippen LogP contribution in [-0.4, -0.2) is 10.9 Å². The molecule has 0 spiro atoms. The van der Waals surface area contributed by atoms with Crippen LogP contribution in [0.3, 0.4) is 0 Å². The molecule has 1 aromatic heterocycles. The average Bonchev–Trinajstić information content (AvgIpc) is 2.68. The van der Waals surface area contributed by atoms with Crippen molar-refractivity contribution in [2.75, 3.05) is 0 Å². The minimum atomic E-state index is -4.65. The average molecular weight is 240 g/mol. The lowest BCUT2D eigenvalue weighted by atomic mass is 10.2. The third-order valence-electron chi connectivity index (χ3n) is 2.10. The molecule has 89 valence electrons. The summed E-state index contributed by atoms with van der Waals surface area (Å²) < 4.78 is 41.7. The maximum atomic E-state index is 12.0. The van der Waals surface area contributed by atoms with Gasteiger partial charge in [0.15, 0.2) is 0 Å². The van der Waals surface area contributed by atoms with Gasteiger partial charge in [-0.2, -0.15) is 0 Å². The van der Waals surface area contributed by atoms with E-state index in [9.17, 15) is 13.2 Å². The van der Waals surface area contributed by atoms with Gasteiger partial charge in [0.1, 0.15) is 5.75 Å². The topological polar surface area (TPSA) is 14.2 Å². The van der Waals surface area contributed by atoms with E-state index in [0.29, 0.717) is 6.54 Å². The predicted octanol–water partition coefficient (Wildman–Crippen LogP) is 3.24. The van der Waals surface area contributed by atoms with Crippen molar-refractivity contribution in [2.45, 2.75) is 12.9 Å². The van der Waals surface area contributed by atoms with Crippen LogP contribution in [0.25, 0.3) is 0 Å². The van der Waals surface area contributed by atoms with E-state index in [1.807, 2.05) is 4.57 Å². The predicted molar refractivity (Wildman–Crippen MR) is 55.5 cm³/mol. The summed E-state index contributed by atoms with van der Waals surface area (Å²) in [5, 5.41) is 0. The van der Waals surface area contributed by atoms with Crippen molar-refractivity contribution in [3.8, 4) is 5.75 Å². The third kappa shape index (κ3) is 3.55. The van der Waals surface area contributed by atoms with E-state index in [-0.39, 0.29) is 5.75 Å². The molecule has 1 aromatic carbocycles. The van der Waals surface area contributed by atoms with Crippen LogP contribution >= 0.6 is 0 Å². The fourth-order valence-electron chi connectivity index (χ4n) is 1.47. The van der Waals surface area contributed by atoms with Gasteiger partial charge in [-0.3, -0.25) is 0 Å². The lowest BCUT2D eigenvalue weighted by Gasteiger charge is -2.10. The number of aromatic nitrogens is 1. The van der Waals surface area contributed by atoms with Crippen LogP contribution in [0, 0.1) is 6.07 Å². The molecule has 0 bridgehead atoms. The standard InChI is InChI=1S/C12H9F3NO/c13-12(14,15)17-11-5-3-4-10(8-11)9-16-6-1-2-7-16/h1,3-8H,9H2. The Hall–Kier alpha value is -1.91. The van der Waals surface area contributed by atoms with E-state index in [1.165, 1.54) is 18.2 Å². The zero-order valence-electron chi connectivity index (χ0n) is 8.74. The smallest absolute Gasteiger partial charge is 0.406 e. The SMILES string of the molecule is FC(F)(F)Oc1cccc(Cn2c[c]cc2)c1. The van der Waals surface area contributed by atoms with Gasteiger partial charge < -0.3 is 9.30 Å². The van der Waals surface area contributed by atoms with Gasteiger partial charge in [0.25, 0.3) is 0 Å². The van der Waals surface area contributed by atoms with E-state index < -0.39 is 6.36 Å². The largest absolute Gasteiger partial charge is 0.573 e. The number of rotatable bonds is 3. The van der Waals surface area contributed by atoms with Gasteiger partial charge in [0.2, 0.25) is 0 Å². The summed E-state index contributed by atoms with van der Waals surface area (Å²) in [5.74, 6) is -0.203. The number of benzene rings is 1. The molecule has 5 heteroatoms. The number of nitrogens with zero attached hydrogens (tertiary/aromatic N) is 1. The summed E-state index contributed by atoms with van der Waals surface area (Å²) in [7, 11) is 0. The van der Waals surface area contributed by atoms with Gasteiger partial charge in [0.05, 0.1) is 0 Å². The Kier molecular flexibility index (Phi) is 3.08. The molecule has 0 aliphatic rings. The summed E-state index contributed by atoms with van der Waals surface area (Å²) in [5.41, 5.74) is 0.733. The summed E-state index contributed by atoms with van der Waals surface area (Å²) in [6.45, 7) is 0.485. The maximum Gasteiger partial charge on any atom is 0.573 e. The van der Waals surface area contributed by atoms with Gasteiger partial charge in [0, 0.05) is 25.0 Å². The van der Waals surface area contributed by atoms with Crippen molar-refractivity contribution in [3.63, 3.8) is 0 Å². The molecular formula is C12H9F3NO. The van der Waals surface area contributed by atoms with Crippen LogP contribution in [0.1, 0.15) is 5.56 Å². The van der Waals surface area contributed by atoms with Crippen molar-refractivity contribution in [2.24, 2.45) is 0 Å². The minimum absolute atomic E-state index is 0.203. The highest BCUT2D eigenvalue weighted by Crippen LogP contribution is 2.23. The first kappa shape index (κ1) is 11.6. The molecule has 2 nitrogen and oxygen atoms in total. The molecule has 0 fully saturated rings. The molecule has 0 unspecified atom stereocenters. The van der Waals surface area contributed by atoms with Crippen LogP contribution in [0.15, 0.2) is 42.7 Å². The molecule has 1 radical (unpaired) electrons. The second-order valence-electron chi connectivity index (χ2n) is 3.48. The van der Waals surface area contributed by atoms with Crippen molar-refractivity contribution >= 4 is 0 Å². The second kappa shape index (κ2) is 4.53. The molecule has 2 aromatic rings. The molecular weight excluding hydrogens is 231 g/mol. The van der Waals surface area contributed by atoms with E-state index in [2.05, 4.69) is 10.8 Å². The first-order valence-electron chi connectivity index (χ1n) is 4.89. The Bertz CT molecular complexity index is 477. The summed E-state index contributed by atoms with van der Waals surface area (Å²) in [4.78, 5) is 0. The van der Waals surface area contributed by atoms with Gasteiger partial charge in [-0.05, 0) is 23.8 Å². The molecule has 17 heavy (non-hydrogen) atoms. The normalized spacial score (nSPS) is 11.5. The second-order valence-corrected chi connectivity index (χ2v) is 3.48. The summed E-state index contributed by atoms with van der Waals surface area (Å²) >= 11 is 0. The third-order valence-corrected chi connectivity index (χ3v) is 2.10. The van der Waals surface area contributed by atoms with Gasteiger partial charge in [-0.1, -0.05) is 12.1 Å². The Morgan fingerprint density at radius 1 is 1.29 bits per heavy atom. The Balaban J connectivity index is 2.12. The first-order valence-corrected chi connectivity index (χ1v) is 4.89. The number of ether oxygens (including phenoxy) is 1. The van der Waals surface area contributed by atoms with E-state index >= 15 is 0 Å². The monoisotopic (exact) mass is 240 g/mol. The van der Waals surface area contributed by atoms with Crippen LogP contribution in [0.2, 0.25) is 0 Å². The van der Waals surface area contributed by atoms with Crippen LogP contribution in [0.5, 0.6) is 5.75 Å². The maximum absolute atomic E-state index is 12.0. The lowest BCUT2D eigenvalue weighted by Crippen LogP contribution is -2.17. The van der Waals surface area contributed by atoms with Gasteiger partial charge in [-0.15, -0.1) is 13.2 Å². The van der Waals surface area contributed by atoms with E-state index in [0.717, 1.165) is 5.56 Å². The zero-order valence-corrected chi connectivity index (χ0v) is 8.74. The molecule has 0 atom stereocenters. The molecule has 0 saturated carbocycles. The Labute approximate surface area is 96.2 Å². The Morgan fingerprint density at radius 2 is 2.12 bits per heavy atom. The number of alkyl halides is 3.